The standard InChI is InChI=1S/C22H23NO4/c1-14(2)16-9-11-17(12-10-16)27-13-20(24)23-15(3)21(22(25)26-4)18-7-5-6-8-19(18)23/h5-12,14H,13H2,1-4H3. The average molecular weight is 365 g/mol. The first kappa shape index (κ1) is 18.7. The highest BCUT2D eigenvalue weighted by Gasteiger charge is 2.23. The lowest BCUT2D eigenvalue weighted by molar-refractivity contribution is 0.0602. The Bertz CT molecular complexity index is 983. The van der Waals surface area contributed by atoms with Crippen LogP contribution in [0.5, 0.6) is 5.75 Å². The van der Waals surface area contributed by atoms with Crippen LogP contribution in [0.15, 0.2) is 48.5 Å². The van der Waals surface area contributed by atoms with Crippen molar-refractivity contribution < 1.29 is 19.1 Å². The highest BCUT2D eigenvalue weighted by atomic mass is 16.5. The van der Waals surface area contributed by atoms with Crippen molar-refractivity contribution in [3.63, 3.8) is 0 Å². The molecule has 0 saturated carbocycles. The Balaban J connectivity index is 1.87. The van der Waals surface area contributed by atoms with Crippen molar-refractivity contribution in [1.29, 1.82) is 0 Å². The highest BCUT2D eigenvalue weighted by Crippen LogP contribution is 2.26. The van der Waals surface area contributed by atoms with Crippen LogP contribution in [0.1, 0.15) is 46.2 Å². The van der Waals surface area contributed by atoms with Gasteiger partial charge in [0.1, 0.15) is 5.75 Å². The number of hydrogen-bond donors (Lipinski definition) is 0. The fourth-order valence-corrected chi connectivity index (χ4v) is 3.21. The molecule has 0 radical (unpaired) electrons. The summed E-state index contributed by atoms with van der Waals surface area (Å²) in [6.07, 6.45) is 0. The Labute approximate surface area is 158 Å². The van der Waals surface area contributed by atoms with Crippen molar-refractivity contribution >= 4 is 22.8 Å². The normalized spacial score (nSPS) is 11.0. The van der Waals surface area contributed by atoms with Gasteiger partial charge in [-0.15, -0.1) is 0 Å². The van der Waals surface area contributed by atoms with Crippen LogP contribution in [0, 0.1) is 6.92 Å². The van der Waals surface area contributed by atoms with Crippen LogP contribution < -0.4 is 4.74 Å². The van der Waals surface area contributed by atoms with E-state index < -0.39 is 5.97 Å². The molecule has 0 fully saturated rings. The molecule has 0 spiro atoms. The quantitative estimate of drug-likeness (QED) is 0.621. The number of methoxy groups -OCH3 is 1. The molecule has 0 aliphatic carbocycles. The van der Waals surface area contributed by atoms with Crippen molar-refractivity contribution in [2.45, 2.75) is 26.7 Å². The number of para-hydroxylation sites is 1. The van der Waals surface area contributed by atoms with E-state index in [0.29, 0.717) is 33.8 Å². The Morgan fingerprint density at radius 3 is 2.33 bits per heavy atom. The van der Waals surface area contributed by atoms with E-state index in [0.717, 1.165) is 0 Å². The highest BCUT2D eigenvalue weighted by molar-refractivity contribution is 6.09. The van der Waals surface area contributed by atoms with Crippen LogP contribution >= 0.6 is 0 Å². The average Bonchev–Trinajstić information content (AvgIpc) is 2.97. The molecule has 0 aliphatic heterocycles. The number of esters is 1. The summed E-state index contributed by atoms with van der Waals surface area (Å²) in [5.41, 5.74) is 2.83. The molecule has 1 aromatic heterocycles. The molecule has 0 saturated heterocycles. The molecule has 1 heterocycles. The maximum absolute atomic E-state index is 12.8. The van der Waals surface area contributed by atoms with Gasteiger partial charge in [-0.1, -0.05) is 44.2 Å². The van der Waals surface area contributed by atoms with Gasteiger partial charge < -0.3 is 9.47 Å². The van der Waals surface area contributed by atoms with E-state index in [1.165, 1.54) is 17.2 Å². The van der Waals surface area contributed by atoms with Gasteiger partial charge in [-0.3, -0.25) is 9.36 Å². The van der Waals surface area contributed by atoms with Gasteiger partial charge in [0, 0.05) is 11.1 Å². The number of hydrogen-bond acceptors (Lipinski definition) is 4. The maximum Gasteiger partial charge on any atom is 0.340 e. The number of benzene rings is 2. The first-order valence-electron chi connectivity index (χ1n) is 8.88. The zero-order valence-corrected chi connectivity index (χ0v) is 16.0. The molecular weight excluding hydrogens is 342 g/mol. The number of fused-ring (bicyclic) bond motifs is 1. The summed E-state index contributed by atoms with van der Waals surface area (Å²) in [4.78, 5) is 25.0. The van der Waals surface area contributed by atoms with Gasteiger partial charge >= 0.3 is 5.97 Å². The van der Waals surface area contributed by atoms with Gasteiger partial charge in [-0.25, -0.2) is 4.79 Å². The predicted octanol–water partition coefficient (Wildman–Crippen LogP) is 4.58. The molecule has 3 rings (SSSR count). The van der Waals surface area contributed by atoms with Gasteiger partial charge in [0.05, 0.1) is 18.2 Å². The molecule has 0 N–H and O–H groups in total. The zero-order chi connectivity index (χ0) is 19.6. The minimum absolute atomic E-state index is 0.124. The molecule has 140 valence electrons. The van der Waals surface area contributed by atoms with E-state index in [9.17, 15) is 9.59 Å². The third kappa shape index (κ3) is 3.58. The van der Waals surface area contributed by atoms with E-state index >= 15 is 0 Å². The maximum atomic E-state index is 12.8. The van der Waals surface area contributed by atoms with E-state index in [4.69, 9.17) is 9.47 Å². The Kier molecular flexibility index (Phi) is 5.31. The van der Waals surface area contributed by atoms with E-state index in [1.54, 1.807) is 6.92 Å². The molecule has 5 nitrogen and oxygen atoms in total. The number of ether oxygens (including phenoxy) is 2. The summed E-state index contributed by atoms with van der Waals surface area (Å²) in [6, 6.07) is 15.0. The summed E-state index contributed by atoms with van der Waals surface area (Å²) < 4.78 is 12.1. The minimum atomic E-state index is -0.458. The Hall–Kier alpha value is -3.08. The van der Waals surface area contributed by atoms with Crippen molar-refractivity contribution in [2.75, 3.05) is 13.7 Å². The van der Waals surface area contributed by atoms with Gasteiger partial charge in [0.15, 0.2) is 6.61 Å². The van der Waals surface area contributed by atoms with Crippen LogP contribution in [0.3, 0.4) is 0 Å². The molecule has 3 aromatic rings. The monoisotopic (exact) mass is 365 g/mol. The molecule has 0 aliphatic rings. The minimum Gasteiger partial charge on any atom is -0.484 e. The van der Waals surface area contributed by atoms with Gasteiger partial charge in [-0.05, 0) is 36.6 Å². The summed E-state index contributed by atoms with van der Waals surface area (Å²) >= 11 is 0. The van der Waals surface area contributed by atoms with Crippen LogP contribution in [-0.2, 0) is 4.74 Å². The van der Waals surface area contributed by atoms with Crippen molar-refractivity contribution in [3.8, 4) is 5.75 Å². The molecule has 0 amide bonds. The van der Waals surface area contributed by atoms with Crippen molar-refractivity contribution in [2.24, 2.45) is 0 Å². The lowest BCUT2D eigenvalue weighted by Crippen LogP contribution is -2.20. The second kappa shape index (κ2) is 7.66. The number of carbonyl (C=O) groups excluding carboxylic acids is 2. The summed E-state index contributed by atoms with van der Waals surface area (Å²) in [7, 11) is 1.33. The topological polar surface area (TPSA) is 57.5 Å². The first-order chi connectivity index (χ1) is 12.9. The Morgan fingerprint density at radius 2 is 1.70 bits per heavy atom. The van der Waals surface area contributed by atoms with Crippen molar-refractivity contribution in [1.82, 2.24) is 4.57 Å². The lowest BCUT2D eigenvalue weighted by Gasteiger charge is -2.10. The largest absolute Gasteiger partial charge is 0.484 e. The molecule has 0 atom stereocenters. The number of aromatic nitrogens is 1. The fraction of sp³-hybridized carbons (Fsp3) is 0.273. The number of nitrogens with zero attached hydrogens (tertiary/aromatic N) is 1. The summed E-state index contributed by atoms with van der Waals surface area (Å²) in [5.74, 6) is 0.369. The fourth-order valence-electron chi connectivity index (χ4n) is 3.21. The molecular formula is C22H23NO4. The molecule has 0 bridgehead atoms. The summed E-state index contributed by atoms with van der Waals surface area (Å²) in [6.45, 7) is 5.86. The van der Waals surface area contributed by atoms with Gasteiger partial charge in [0.2, 0.25) is 0 Å². The first-order valence-corrected chi connectivity index (χ1v) is 8.88. The predicted molar refractivity (Wildman–Crippen MR) is 105 cm³/mol. The van der Waals surface area contributed by atoms with E-state index in [1.807, 2.05) is 48.5 Å². The lowest BCUT2D eigenvalue weighted by atomic mass is 10.0. The Morgan fingerprint density at radius 1 is 1.04 bits per heavy atom. The second-order valence-electron chi connectivity index (χ2n) is 6.71. The van der Waals surface area contributed by atoms with Crippen LogP contribution in [-0.4, -0.2) is 30.2 Å². The molecule has 0 unspecified atom stereocenters. The number of carbonyl (C=O) groups is 2. The zero-order valence-electron chi connectivity index (χ0n) is 16.0. The molecule has 2 aromatic carbocycles. The van der Waals surface area contributed by atoms with Crippen LogP contribution in [0.25, 0.3) is 10.9 Å². The molecule has 5 heteroatoms. The van der Waals surface area contributed by atoms with Gasteiger partial charge in [0.25, 0.3) is 5.91 Å². The number of rotatable bonds is 5. The van der Waals surface area contributed by atoms with E-state index in [2.05, 4.69) is 13.8 Å². The third-order valence-electron chi connectivity index (χ3n) is 4.66. The SMILES string of the molecule is COC(=O)c1c(C)n(C(=O)COc2ccc(C(C)C)cc2)c2ccccc12. The smallest absolute Gasteiger partial charge is 0.340 e. The van der Waals surface area contributed by atoms with Crippen molar-refractivity contribution in [3.05, 3.63) is 65.4 Å². The molecule has 27 heavy (non-hydrogen) atoms. The van der Waals surface area contributed by atoms with Gasteiger partial charge in [-0.2, -0.15) is 0 Å². The third-order valence-corrected chi connectivity index (χ3v) is 4.66. The van der Waals surface area contributed by atoms with E-state index in [-0.39, 0.29) is 12.5 Å². The second-order valence-corrected chi connectivity index (χ2v) is 6.71. The summed E-state index contributed by atoms with van der Waals surface area (Å²) in [5, 5.41) is 0.691. The van der Waals surface area contributed by atoms with Crippen LogP contribution in [0.4, 0.5) is 0 Å². The van der Waals surface area contributed by atoms with Crippen LogP contribution in [0.2, 0.25) is 0 Å².